The molecular formula is C9H11N5. The SMILES string of the molecule is Cc1ccc(-n2nc(N)cc2C)nn1. The summed E-state index contributed by atoms with van der Waals surface area (Å²) in [4.78, 5) is 0. The average Bonchev–Trinajstić information content (AvgIpc) is 2.47. The molecule has 72 valence electrons. The van der Waals surface area contributed by atoms with Gasteiger partial charge in [-0.05, 0) is 26.0 Å². The minimum atomic E-state index is 0.491. The predicted octanol–water partition coefficient (Wildman–Crippen LogP) is 0.861. The summed E-state index contributed by atoms with van der Waals surface area (Å²) in [6.45, 7) is 3.81. The van der Waals surface area contributed by atoms with Crippen LogP contribution in [0.3, 0.4) is 0 Å². The van der Waals surface area contributed by atoms with E-state index in [-0.39, 0.29) is 0 Å². The molecule has 0 unspecified atom stereocenters. The van der Waals surface area contributed by atoms with Crippen molar-refractivity contribution in [2.45, 2.75) is 13.8 Å². The van der Waals surface area contributed by atoms with Crippen LogP contribution in [0.1, 0.15) is 11.4 Å². The number of nitrogen functional groups attached to an aromatic ring is 1. The summed E-state index contributed by atoms with van der Waals surface area (Å²) < 4.78 is 1.67. The first-order valence-electron chi connectivity index (χ1n) is 4.29. The van der Waals surface area contributed by atoms with E-state index >= 15 is 0 Å². The molecule has 0 spiro atoms. The van der Waals surface area contributed by atoms with Gasteiger partial charge in [-0.15, -0.1) is 10.2 Å². The molecule has 0 saturated heterocycles. The van der Waals surface area contributed by atoms with Crippen molar-refractivity contribution in [2.24, 2.45) is 0 Å². The summed E-state index contributed by atoms with van der Waals surface area (Å²) in [5, 5.41) is 12.1. The summed E-state index contributed by atoms with van der Waals surface area (Å²) in [6.07, 6.45) is 0. The van der Waals surface area contributed by atoms with Crippen LogP contribution in [-0.4, -0.2) is 20.0 Å². The van der Waals surface area contributed by atoms with Crippen LogP contribution in [0.25, 0.3) is 5.82 Å². The zero-order chi connectivity index (χ0) is 10.1. The Balaban J connectivity index is 2.49. The normalized spacial score (nSPS) is 10.4. The molecule has 2 aromatic heterocycles. The van der Waals surface area contributed by atoms with Gasteiger partial charge in [-0.25, -0.2) is 4.68 Å². The summed E-state index contributed by atoms with van der Waals surface area (Å²) in [5.74, 6) is 1.18. The second kappa shape index (κ2) is 3.10. The van der Waals surface area contributed by atoms with Crippen molar-refractivity contribution < 1.29 is 0 Å². The predicted molar refractivity (Wildman–Crippen MR) is 53.0 cm³/mol. The van der Waals surface area contributed by atoms with E-state index in [9.17, 15) is 0 Å². The van der Waals surface area contributed by atoms with E-state index in [1.165, 1.54) is 0 Å². The maximum Gasteiger partial charge on any atom is 0.176 e. The highest BCUT2D eigenvalue weighted by Gasteiger charge is 2.04. The van der Waals surface area contributed by atoms with Crippen LogP contribution in [-0.2, 0) is 0 Å². The molecule has 0 fully saturated rings. The lowest BCUT2D eigenvalue weighted by molar-refractivity contribution is 0.787. The van der Waals surface area contributed by atoms with Crippen LogP contribution in [0, 0.1) is 13.8 Å². The standard InChI is InChI=1S/C9H11N5/c1-6-3-4-9(12-11-6)14-7(2)5-8(10)13-14/h3-5H,1-2H3,(H2,10,13). The van der Waals surface area contributed by atoms with Crippen LogP contribution < -0.4 is 5.73 Å². The Hall–Kier alpha value is -1.91. The number of hydrogen-bond acceptors (Lipinski definition) is 4. The maximum absolute atomic E-state index is 5.57. The molecule has 0 saturated carbocycles. The minimum absolute atomic E-state index is 0.491. The molecule has 0 amide bonds. The summed E-state index contributed by atoms with van der Waals surface area (Å²) in [6, 6.07) is 5.54. The summed E-state index contributed by atoms with van der Waals surface area (Å²) in [7, 11) is 0. The number of nitrogens with two attached hydrogens (primary N) is 1. The molecule has 0 radical (unpaired) electrons. The second-order valence-electron chi connectivity index (χ2n) is 3.16. The molecule has 2 aromatic rings. The van der Waals surface area contributed by atoms with E-state index in [1.54, 1.807) is 10.7 Å². The zero-order valence-electron chi connectivity index (χ0n) is 8.10. The first-order chi connectivity index (χ1) is 6.66. The Morgan fingerprint density at radius 1 is 1.21 bits per heavy atom. The molecule has 2 N–H and O–H groups in total. The highest BCUT2D eigenvalue weighted by Crippen LogP contribution is 2.09. The van der Waals surface area contributed by atoms with E-state index in [0.717, 1.165) is 11.4 Å². The molecule has 5 nitrogen and oxygen atoms in total. The van der Waals surface area contributed by atoms with Crippen molar-refractivity contribution in [3.05, 3.63) is 29.6 Å². The fourth-order valence-corrected chi connectivity index (χ4v) is 1.24. The van der Waals surface area contributed by atoms with Crippen LogP contribution in [0.5, 0.6) is 0 Å². The molecule has 14 heavy (non-hydrogen) atoms. The molecule has 0 bridgehead atoms. The van der Waals surface area contributed by atoms with Gasteiger partial charge in [0, 0.05) is 11.8 Å². The molecule has 0 atom stereocenters. The van der Waals surface area contributed by atoms with Gasteiger partial charge in [0.25, 0.3) is 0 Å². The van der Waals surface area contributed by atoms with E-state index in [4.69, 9.17) is 5.73 Å². The van der Waals surface area contributed by atoms with Crippen molar-refractivity contribution >= 4 is 5.82 Å². The van der Waals surface area contributed by atoms with E-state index in [2.05, 4.69) is 15.3 Å². The summed E-state index contributed by atoms with van der Waals surface area (Å²) in [5.41, 5.74) is 7.39. The Morgan fingerprint density at radius 2 is 2.00 bits per heavy atom. The molecule has 2 heterocycles. The Bertz CT molecular complexity index is 443. The number of hydrogen-bond donors (Lipinski definition) is 1. The summed E-state index contributed by atoms with van der Waals surface area (Å²) >= 11 is 0. The van der Waals surface area contributed by atoms with Gasteiger partial charge in [-0.3, -0.25) is 0 Å². The minimum Gasteiger partial charge on any atom is -0.382 e. The van der Waals surface area contributed by atoms with Crippen LogP contribution in [0.15, 0.2) is 18.2 Å². The zero-order valence-corrected chi connectivity index (χ0v) is 8.10. The van der Waals surface area contributed by atoms with Crippen LogP contribution >= 0.6 is 0 Å². The Morgan fingerprint density at radius 3 is 2.50 bits per heavy atom. The van der Waals surface area contributed by atoms with Gasteiger partial charge in [0.15, 0.2) is 5.82 Å². The van der Waals surface area contributed by atoms with Crippen molar-refractivity contribution in [3.8, 4) is 5.82 Å². The van der Waals surface area contributed by atoms with Crippen molar-refractivity contribution in [1.29, 1.82) is 0 Å². The van der Waals surface area contributed by atoms with Gasteiger partial charge in [0.05, 0.1) is 5.69 Å². The lowest BCUT2D eigenvalue weighted by Crippen LogP contribution is -2.03. The quantitative estimate of drug-likeness (QED) is 0.722. The highest BCUT2D eigenvalue weighted by molar-refractivity contribution is 5.34. The first kappa shape index (κ1) is 8.68. The molecule has 5 heteroatoms. The van der Waals surface area contributed by atoms with Gasteiger partial charge in [0.1, 0.15) is 5.82 Å². The lowest BCUT2D eigenvalue weighted by Gasteiger charge is -2.01. The third-order valence-corrected chi connectivity index (χ3v) is 1.91. The maximum atomic E-state index is 5.57. The van der Waals surface area contributed by atoms with Gasteiger partial charge >= 0.3 is 0 Å². The monoisotopic (exact) mass is 189 g/mol. The molecule has 0 aromatic carbocycles. The van der Waals surface area contributed by atoms with E-state index < -0.39 is 0 Å². The van der Waals surface area contributed by atoms with Gasteiger partial charge < -0.3 is 5.73 Å². The fraction of sp³-hybridized carbons (Fsp3) is 0.222. The lowest BCUT2D eigenvalue weighted by atomic mass is 10.4. The first-order valence-corrected chi connectivity index (χ1v) is 4.29. The van der Waals surface area contributed by atoms with Gasteiger partial charge in [-0.1, -0.05) is 0 Å². The fourth-order valence-electron chi connectivity index (χ4n) is 1.24. The number of aryl methyl sites for hydroxylation is 2. The molecular weight excluding hydrogens is 178 g/mol. The van der Waals surface area contributed by atoms with Crippen molar-refractivity contribution in [2.75, 3.05) is 5.73 Å². The third kappa shape index (κ3) is 1.44. The molecule has 0 aliphatic heterocycles. The average molecular weight is 189 g/mol. The van der Waals surface area contributed by atoms with Crippen molar-refractivity contribution in [1.82, 2.24) is 20.0 Å². The van der Waals surface area contributed by atoms with Gasteiger partial charge in [-0.2, -0.15) is 5.10 Å². The third-order valence-electron chi connectivity index (χ3n) is 1.91. The Kier molecular flexibility index (Phi) is 1.92. The molecule has 0 aliphatic rings. The Labute approximate surface area is 81.6 Å². The highest BCUT2D eigenvalue weighted by atomic mass is 15.4. The number of rotatable bonds is 1. The smallest absolute Gasteiger partial charge is 0.176 e. The van der Waals surface area contributed by atoms with Gasteiger partial charge in [0.2, 0.25) is 0 Å². The second-order valence-corrected chi connectivity index (χ2v) is 3.16. The number of aromatic nitrogens is 4. The van der Waals surface area contributed by atoms with E-state index in [1.807, 2.05) is 26.0 Å². The molecule has 0 aliphatic carbocycles. The largest absolute Gasteiger partial charge is 0.382 e. The van der Waals surface area contributed by atoms with E-state index in [0.29, 0.717) is 11.6 Å². The number of nitrogens with zero attached hydrogens (tertiary/aromatic N) is 4. The topological polar surface area (TPSA) is 69.6 Å². The number of anilines is 1. The van der Waals surface area contributed by atoms with Crippen LogP contribution in [0.2, 0.25) is 0 Å². The van der Waals surface area contributed by atoms with Crippen molar-refractivity contribution in [3.63, 3.8) is 0 Å². The molecule has 2 rings (SSSR count). The van der Waals surface area contributed by atoms with Crippen LogP contribution in [0.4, 0.5) is 5.82 Å².